The van der Waals surface area contributed by atoms with Crippen LogP contribution in [0, 0.1) is 0 Å². The van der Waals surface area contributed by atoms with E-state index in [-0.39, 0.29) is 17.2 Å². The SMILES string of the molecule is CC(C)(C)NC(=O)CSc1ccc(O)c2ccccc12. The van der Waals surface area contributed by atoms with Crippen LogP contribution < -0.4 is 5.32 Å². The van der Waals surface area contributed by atoms with Gasteiger partial charge in [0.25, 0.3) is 0 Å². The molecule has 0 aliphatic rings. The number of hydrogen-bond donors (Lipinski definition) is 2. The van der Waals surface area contributed by atoms with Crippen molar-refractivity contribution in [3.05, 3.63) is 36.4 Å². The summed E-state index contributed by atoms with van der Waals surface area (Å²) in [5.41, 5.74) is -0.214. The maximum Gasteiger partial charge on any atom is 0.230 e. The Morgan fingerprint density at radius 3 is 2.45 bits per heavy atom. The highest BCUT2D eigenvalue weighted by atomic mass is 32.2. The van der Waals surface area contributed by atoms with E-state index in [2.05, 4.69) is 5.32 Å². The number of fused-ring (bicyclic) bond motifs is 1. The summed E-state index contributed by atoms with van der Waals surface area (Å²) in [6, 6.07) is 11.2. The van der Waals surface area contributed by atoms with Crippen LogP contribution in [0.2, 0.25) is 0 Å². The predicted molar refractivity (Wildman–Crippen MR) is 84.2 cm³/mol. The molecular weight excluding hydrogens is 270 g/mol. The Kier molecular flexibility index (Phi) is 4.23. The number of carbonyl (C=O) groups excluding carboxylic acids is 1. The van der Waals surface area contributed by atoms with Crippen molar-refractivity contribution in [1.29, 1.82) is 0 Å². The van der Waals surface area contributed by atoms with Crippen LogP contribution in [0.25, 0.3) is 10.8 Å². The molecule has 0 saturated carbocycles. The first-order valence-electron chi connectivity index (χ1n) is 6.51. The highest BCUT2D eigenvalue weighted by molar-refractivity contribution is 8.00. The van der Waals surface area contributed by atoms with Gasteiger partial charge in [0.15, 0.2) is 0 Å². The Bertz CT molecular complexity index is 632. The molecule has 20 heavy (non-hydrogen) atoms. The van der Waals surface area contributed by atoms with Gasteiger partial charge in [0.1, 0.15) is 5.75 Å². The lowest BCUT2D eigenvalue weighted by molar-refractivity contribution is -0.119. The highest BCUT2D eigenvalue weighted by Crippen LogP contribution is 2.33. The number of nitrogens with one attached hydrogen (secondary N) is 1. The molecule has 0 unspecified atom stereocenters. The summed E-state index contributed by atoms with van der Waals surface area (Å²) in [4.78, 5) is 12.9. The summed E-state index contributed by atoms with van der Waals surface area (Å²) in [5.74, 6) is 0.648. The van der Waals surface area contributed by atoms with Gasteiger partial charge in [-0.15, -0.1) is 11.8 Å². The number of phenols is 1. The number of aromatic hydroxyl groups is 1. The second-order valence-corrected chi connectivity index (χ2v) is 6.73. The fraction of sp³-hybridized carbons (Fsp3) is 0.312. The number of amides is 1. The number of rotatable bonds is 3. The minimum absolute atomic E-state index is 0.0136. The van der Waals surface area contributed by atoms with E-state index in [4.69, 9.17) is 0 Å². The van der Waals surface area contributed by atoms with E-state index < -0.39 is 0 Å². The Morgan fingerprint density at radius 1 is 1.15 bits per heavy atom. The molecule has 0 bridgehead atoms. The Labute approximate surface area is 123 Å². The molecule has 0 radical (unpaired) electrons. The molecule has 2 N–H and O–H groups in total. The first-order valence-corrected chi connectivity index (χ1v) is 7.50. The molecule has 106 valence electrons. The van der Waals surface area contributed by atoms with Crippen LogP contribution in [-0.2, 0) is 4.79 Å². The van der Waals surface area contributed by atoms with E-state index in [1.54, 1.807) is 6.07 Å². The van der Waals surface area contributed by atoms with E-state index in [1.807, 2.05) is 51.1 Å². The van der Waals surface area contributed by atoms with Crippen LogP contribution in [0.5, 0.6) is 5.75 Å². The van der Waals surface area contributed by atoms with Gasteiger partial charge in [-0.25, -0.2) is 0 Å². The molecule has 4 heteroatoms. The molecule has 2 aromatic carbocycles. The van der Waals surface area contributed by atoms with E-state index in [1.165, 1.54) is 11.8 Å². The van der Waals surface area contributed by atoms with E-state index in [9.17, 15) is 9.90 Å². The van der Waals surface area contributed by atoms with Crippen molar-refractivity contribution in [3.8, 4) is 5.75 Å². The van der Waals surface area contributed by atoms with Crippen molar-refractivity contribution in [2.45, 2.75) is 31.2 Å². The lowest BCUT2D eigenvalue weighted by Gasteiger charge is -2.20. The van der Waals surface area contributed by atoms with Crippen LogP contribution in [0.3, 0.4) is 0 Å². The molecule has 2 rings (SSSR count). The van der Waals surface area contributed by atoms with Gasteiger partial charge in [-0.05, 0) is 38.3 Å². The Hall–Kier alpha value is -1.68. The third-order valence-corrected chi connectivity index (χ3v) is 3.81. The van der Waals surface area contributed by atoms with Crippen molar-refractivity contribution in [2.24, 2.45) is 0 Å². The van der Waals surface area contributed by atoms with E-state index in [0.717, 1.165) is 15.7 Å². The van der Waals surface area contributed by atoms with Crippen LogP contribution >= 0.6 is 11.8 Å². The minimum Gasteiger partial charge on any atom is -0.507 e. The molecule has 0 aliphatic carbocycles. The molecule has 1 amide bonds. The third-order valence-electron chi connectivity index (χ3n) is 2.73. The highest BCUT2D eigenvalue weighted by Gasteiger charge is 2.14. The van der Waals surface area contributed by atoms with Crippen molar-refractivity contribution in [1.82, 2.24) is 5.32 Å². The monoisotopic (exact) mass is 289 g/mol. The summed E-state index contributed by atoms with van der Waals surface area (Å²) < 4.78 is 0. The number of phenolic OH excluding ortho intramolecular Hbond substituents is 1. The molecular formula is C16H19NO2S. The van der Waals surface area contributed by atoms with Crippen LogP contribution in [-0.4, -0.2) is 22.3 Å². The number of benzene rings is 2. The lowest BCUT2D eigenvalue weighted by atomic mass is 10.1. The van der Waals surface area contributed by atoms with Gasteiger partial charge >= 0.3 is 0 Å². The van der Waals surface area contributed by atoms with Gasteiger partial charge in [0, 0.05) is 15.8 Å². The van der Waals surface area contributed by atoms with Crippen molar-refractivity contribution in [2.75, 3.05) is 5.75 Å². The lowest BCUT2D eigenvalue weighted by Crippen LogP contribution is -2.41. The normalized spacial score (nSPS) is 11.6. The second kappa shape index (κ2) is 5.75. The van der Waals surface area contributed by atoms with Crippen molar-refractivity contribution in [3.63, 3.8) is 0 Å². The molecule has 0 aliphatic heterocycles. The van der Waals surface area contributed by atoms with Crippen LogP contribution in [0.4, 0.5) is 0 Å². The molecule has 0 atom stereocenters. The largest absolute Gasteiger partial charge is 0.507 e. The topological polar surface area (TPSA) is 49.3 Å². The van der Waals surface area contributed by atoms with Gasteiger partial charge in [-0.2, -0.15) is 0 Å². The first kappa shape index (κ1) is 14.7. The fourth-order valence-electron chi connectivity index (χ4n) is 1.98. The minimum atomic E-state index is -0.214. The van der Waals surface area contributed by atoms with Crippen molar-refractivity contribution < 1.29 is 9.90 Å². The average Bonchev–Trinajstić information content (AvgIpc) is 2.36. The Morgan fingerprint density at radius 2 is 1.80 bits per heavy atom. The van der Waals surface area contributed by atoms with Crippen LogP contribution in [0.1, 0.15) is 20.8 Å². The van der Waals surface area contributed by atoms with Gasteiger partial charge in [0.2, 0.25) is 5.91 Å². The molecule has 0 saturated heterocycles. The smallest absolute Gasteiger partial charge is 0.230 e. The summed E-state index contributed by atoms with van der Waals surface area (Å²) in [6.45, 7) is 5.89. The molecule has 2 aromatic rings. The molecule has 0 fully saturated rings. The van der Waals surface area contributed by atoms with E-state index in [0.29, 0.717) is 5.75 Å². The van der Waals surface area contributed by atoms with Gasteiger partial charge in [-0.1, -0.05) is 24.3 Å². The zero-order chi connectivity index (χ0) is 14.8. The number of hydrogen-bond acceptors (Lipinski definition) is 3. The zero-order valence-corrected chi connectivity index (χ0v) is 12.8. The standard InChI is InChI=1S/C16H19NO2S/c1-16(2,3)17-15(19)10-20-14-9-8-13(18)11-6-4-5-7-12(11)14/h4-9,18H,10H2,1-3H3,(H,17,19). The second-order valence-electron chi connectivity index (χ2n) is 5.72. The van der Waals surface area contributed by atoms with Crippen LogP contribution in [0.15, 0.2) is 41.3 Å². The summed E-state index contributed by atoms with van der Waals surface area (Å²) >= 11 is 1.48. The maximum absolute atomic E-state index is 11.9. The predicted octanol–water partition coefficient (Wildman–Crippen LogP) is 3.55. The maximum atomic E-state index is 11.9. The first-order chi connectivity index (χ1) is 9.37. The molecule has 0 spiro atoms. The molecule has 3 nitrogen and oxygen atoms in total. The van der Waals surface area contributed by atoms with Crippen molar-refractivity contribution >= 4 is 28.4 Å². The van der Waals surface area contributed by atoms with Gasteiger partial charge in [-0.3, -0.25) is 4.79 Å². The average molecular weight is 289 g/mol. The summed E-state index contributed by atoms with van der Waals surface area (Å²) in [5, 5.41) is 14.6. The number of carbonyl (C=O) groups is 1. The molecule has 0 heterocycles. The third kappa shape index (κ3) is 3.67. The summed E-state index contributed by atoms with van der Waals surface area (Å²) in [6.07, 6.45) is 0. The van der Waals surface area contributed by atoms with Gasteiger partial charge in [0.05, 0.1) is 5.75 Å². The van der Waals surface area contributed by atoms with Gasteiger partial charge < -0.3 is 10.4 Å². The fourth-order valence-corrected chi connectivity index (χ4v) is 2.84. The Balaban J connectivity index is 2.15. The quantitative estimate of drug-likeness (QED) is 0.850. The summed E-state index contributed by atoms with van der Waals surface area (Å²) in [7, 11) is 0. The number of thioether (sulfide) groups is 1. The van der Waals surface area contributed by atoms with E-state index >= 15 is 0 Å². The zero-order valence-electron chi connectivity index (χ0n) is 11.9. The molecule has 0 aromatic heterocycles.